The highest BCUT2D eigenvalue weighted by Gasteiger charge is 2.32. The third-order valence-electron chi connectivity index (χ3n) is 6.73. The summed E-state index contributed by atoms with van der Waals surface area (Å²) in [5.74, 6) is -0.723. The maximum atomic E-state index is 13.6. The number of esters is 1. The van der Waals surface area contributed by atoms with Gasteiger partial charge in [-0.25, -0.2) is 13.2 Å². The van der Waals surface area contributed by atoms with Crippen LogP contribution in [-0.2, 0) is 14.8 Å². The van der Waals surface area contributed by atoms with Gasteiger partial charge in [0.2, 0.25) is 0 Å². The van der Waals surface area contributed by atoms with Crippen molar-refractivity contribution >= 4 is 54.3 Å². The van der Waals surface area contributed by atoms with Gasteiger partial charge in [-0.3, -0.25) is 4.72 Å². The first-order chi connectivity index (χ1) is 19.2. The molecule has 2 N–H and O–H groups in total. The molecule has 40 heavy (non-hydrogen) atoms. The van der Waals surface area contributed by atoms with E-state index in [1.54, 1.807) is 43.4 Å². The van der Waals surface area contributed by atoms with Crippen molar-refractivity contribution in [3.63, 3.8) is 0 Å². The molecule has 1 heterocycles. The minimum atomic E-state index is -3.96. The van der Waals surface area contributed by atoms with E-state index in [1.807, 2.05) is 61.5 Å². The first-order valence-electron chi connectivity index (χ1n) is 12.5. The number of hydrogen-bond acceptors (Lipinski definition) is 6. The van der Waals surface area contributed by atoms with E-state index in [2.05, 4.69) is 26.0 Å². The fraction of sp³-hybridized carbons (Fsp3) is 0.129. The van der Waals surface area contributed by atoms with Gasteiger partial charge in [0.25, 0.3) is 10.0 Å². The van der Waals surface area contributed by atoms with Gasteiger partial charge in [-0.05, 0) is 64.3 Å². The molecule has 0 unspecified atom stereocenters. The van der Waals surface area contributed by atoms with Crippen LogP contribution in [0.4, 0.5) is 11.4 Å². The lowest BCUT2D eigenvalue weighted by Gasteiger charge is -2.22. The summed E-state index contributed by atoms with van der Waals surface area (Å²) >= 11 is 3.66. The molecule has 204 valence electrons. The maximum absolute atomic E-state index is 13.6. The van der Waals surface area contributed by atoms with Gasteiger partial charge >= 0.3 is 5.97 Å². The SMILES string of the molecule is CNc1ccc([C@@H](c2ccccc2)c2oc3ccccc3c2NS(=O)(=O)c2ccc(C)cc2)c(Br)c1C(=O)OC. The van der Waals surface area contributed by atoms with E-state index in [1.165, 1.54) is 7.11 Å². The number of benzene rings is 4. The second kappa shape index (κ2) is 11.2. The molecule has 0 amide bonds. The Balaban J connectivity index is 1.78. The van der Waals surface area contributed by atoms with Crippen LogP contribution in [0.25, 0.3) is 11.0 Å². The van der Waals surface area contributed by atoms with E-state index in [0.717, 1.165) is 11.1 Å². The number of carbonyl (C=O) groups excluding carboxylic acids is 1. The number of para-hydroxylation sites is 1. The van der Waals surface area contributed by atoms with Crippen LogP contribution in [-0.4, -0.2) is 28.5 Å². The van der Waals surface area contributed by atoms with Crippen molar-refractivity contribution in [3.05, 3.63) is 123 Å². The predicted octanol–water partition coefficient (Wildman–Crippen LogP) is 7.31. The van der Waals surface area contributed by atoms with Crippen LogP contribution in [0.1, 0.15) is 38.7 Å². The van der Waals surface area contributed by atoms with Crippen molar-refractivity contribution in [2.45, 2.75) is 17.7 Å². The molecule has 0 saturated carbocycles. The highest BCUT2D eigenvalue weighted by atomic mass is 79.9. The molecule has 4 aromatic carbocycles. The summed E-state index contributed by atoms with van der Waals surface area (Å²) in [4.78, 5) is 13.0. The van der Waals surface area contributed by atoms with Crippen molar-refractivity contribution in [1.29, 1.82) is 0 Å². The van der Waals surface area contributed by atoms with Crippen LogP contribution in [0.15, 0.2) is 105 Å². The van der Waals surface area contributed by atoms with E-state index < -0.39 is 21.9 Å². The van der Waals surface area contributed by atoms with Crippen molar-refractivity contribution in [2.75, 3.05) is 24.2 Å². The van der Waals surface area contributed by atoms with Gasteiger partial charge in [-0.1, -0.05) is 66.2 Å². The summed E-state index contributed by atoms with van der Waals surface area (Å²) in [7, 11) is -0.916. The van der Waals surface area contributed by atoms with Gasteiger partial charge in [-0.2, -0.15) is 0 Å². The van der Waals surface area contributed by atoms with E-state index in [4.69, 9.17) is 9.15 Å². The average molecular weight is 620 g/mol. The Kier molecular flexibility index (Phi) is 7.69. The summed E-state index contributed by atoms with van der Waals surface area (Å²) in [5.41, 5.74) is 4.24. The summed E-state index contributed by atoms with van der Waals surface area (Å²) in [6.45, 7) is 1.90. The molecule has 0 aliphatic carbocycles. The zero-order chi connectivity index (χ0) is 28.4. The minimum Gasteiger partial charge on any atom is -0.465 e. The zero-order valence-electron chi connectivity index (χ0n) is 22.1. The van der Waals surface area contributed by atoms with Gasteiger partial charge < -0.3 is 14.5 Å². The number of ether oxygens (including phenoxy) is 1. The van der Waals surface area contributed by atoms with E-state index in [0.29, 0.717) is 43.7 Å². The number of aryl methyl sites for hydroxylation is 1. The number of rotatable bonds is 8. The van der Waals surface area contributed by atoms with E-state index in [9.17, 15) is 13.2 Å². The highest BCUT2D eigenvalue weighted by molar-refractivity contribution is 9.10. The van der Waals surface area contributed by atoms with Crippen LogP contribution in [0.5, 0.6) is 0 Å². The van der Waals surface area contributed by atoms with Crippen molar-refractivity contribution in [2.24, 2.45) is 0 Å². The summed E-state index contributed by atoms with van der Waals surface area (Å²) < 4.78 is 42.0. The average Bonchev–Trinajstić information content (AvgIpc) is 3.31. The summed E-state index contributed by atoms with van der Waals surface area (Å²) in [5, 5.41) is 3.65. The Hall–Kier alpha value is -4.08. The monoisotopic (exact) mass is 618 g/mol. The van der Waals surface area contributed by atoms with Crippen LogP contribution in [0, 0.1) is 6.92 Å². The van der Waals surface area contributed by atoms with Gasteiger partial charge in [-0.15, -0.1) is 0 Å². The largest absolute Gasteiger partial charge is 0.465 e. The first-order valence-corrected chi connectivity index (χ1v) is 14.8. The number of nitrogens with one attached hydrogen (secondary N) is 2. The summed E-state index contributed by atoms with van der Waals surface area (Å²) in [6.07, 6.45) is 0. The molecule has 1 atom stereocenters. The number of halogens is 1. The number of methoxy groups -OCH3 is 1. The zero-order valence-corrected chi connectivity index (χ0v) is 24.5. The molecule has 0 saturated heterocycles. The molecule has 7 nitrogen and oxygen atoms in total. The number of furan rings is 1. The molecule has 5 rings (SSSR count). The molecule has 0 spiro atoms. The molecular weight excluding hydrogens is 592 g/mol. The first kappa shape index (κ1) is 27.5. The fourth-order valence-corrected chi connectivity index (χ4v) is 6.55. The Bertz CT molecular complexity index is 1800. The second-order valence-corrected chi connectivity index (χ2v) is 11.7. The third kappa shape index (κ3) is 5.10. The Morgan fingerprint density at radius 2 is 1.60 bits per heavy atom. The van der Waals surface area contributed by atoms with Gasteiger partial charge in [0.05, 0.1) is 29.2 Å². The van der Waals surface area contributed by atoms with E-state index in [-0.39, 0.29) is 4.90 Å². The van der Waals surface area contributed by atoms with Gasteiger partial charge in [0, 0.05) is 22.6 Å². The number of hydrogen-bond donors (Lipinski definition) is 2. The molecule has 0 aliphatic heterocycles. The molecule has 1 aromatic heterocycles. The minimum absolute atomic E-state index is 0.137. The summed E-state index contributed by atoms with van der Waals surface area (Å²) in [6, 6.07) is 27.2. The van der Waals surface area contributed by atoms with Gasteiger partial charge in [0.1, 0.15) is 11.3 Å². The van der Waals surface area contributed by atoms with Crippen LogP contribution < -0.4 is 10.0 Å². The molecule has 5 aromatic rings. The van der Waals surface area contributed by atoms with Gasteiger partial charge in [0.15, 0.2) is 0 Å². The van der Waals surface area contributed by atoms with Crippen LogP contribution >= 0.6 is 15.9 Å². The van der Waals surface area contributed by atoms with Crippen molar-refractivity contribution in [3.8, 4) is 0 Å². The Labute approximate surface area is 241 Å². The number of anilines is 2. The number of carbonyl (C=O) groups is 1. The molecule has 0 aliphatic rings. The lowest BCUT2D eigenvalue weighted by atomic mass is 9.87. The molecule has 0 radical (unpaired) electrons. The highest BCUT2D eigenvalue weighted by Crippen LogP contribution is 2.46. The predicted molar refractivity (Wildman–Crippen MR) is 161 cm³/mol. The molecular formula is C31H27BrN2O5S. The topological polar surface area (TPSA) is 97.6 Å². The lowest BCUT2D eigenvalue weighted by Crippen LogP contribution is -2.16. The fourth-order valence-electron chi connectivity index (χ4n) is 4.73. The van der Waals surface area contributed by atoms with Crippen LogP contribution in [0.2, 0.25) is 0 Å². The van der Waals surface area contributed by atoms with Crippen molar-refractivity contribution < 1.29 is 22.4 Å². The maximum Gasteiger partial charge on any atom is 0.341 e. The number of fused-ring (bicyclic) bond motifs is 1. The quantitative estimate of drug-likeness (QED) is 0.177. The standard InChI is InChI=1S/C31H27BrN2O5S/c1-19-13-15-21(16-14-19)40(36,37)34-29-22-11-7-8-12-25(22)39-30(29)26(20-9-5-4-6-10-20)23-17-18-24(33-2)27(28(23)32)31(35)38-3/h4-18,26,33-34H,1-3H3/t26-/m1/s1. The Morgan fingerprint density at radius 3 is 2.27 bits per heavy atom. The molecule has 0 bridgehead atoms. The van der Waals surface area contributed by atoms with Crippen LogP contribution in [0.3, 0.4) is 0 Å². The van der Waals surface area contributed by atoms with Crippen molar-refractivity contribution in [1.82, 2.24) is 0 Å². The lowest BCUT2D eigenvalue weighted by molar-refractivity contribution is 0.0600. The normalized spacial score (nSPS) is 12.2. The number of sulfonamides is 1. The second-order valence-electron chi connectivity index (χ2n) is 9.23. The molecule has 9 heteroatoms. The smallest absolute Gasteiger partial charge is 0.341 e. The molecule has 0 fully saturated rings. The van der Waals surface area contributed by atoms with E-state index >= 15 is 0 Å². The Morgan fingerprint density at radius 1 is 0.925 bits per heavy atom. The third-order valence-corrected chi connectivity index (χ3v) is 8.95.